The van der Waals surface area contributed by atoms with Crippen LogP contribution in [0.25, 0.3) is 0 Å². The monoisotopic (exact) mass is 210 g/mol. The summed E-state index contributed by atoms with van der Waals surface area (Å²) < 4.78 is 4.58. The lowest BCUT2D eigenvalue weighted by atomic mass is 10.1. The van der Waals surface area contributed by atoms with E-state index in [-0.39, 0.29) is 11.5 Å². The van der Waals surface area contributed by atoms with Crippen molar-refractivity contribution in [2.24, 2.45) is 0 Å². The van der Waals surface area contributed by atoms with E-state index < -0.39 is 6.16 Å². The summed E-state index contributed by atoms with van der Waals surface area (Å²) in [5.74, 6) is -0.0106. The molecule has 0 bridgehead atoms. The summed E-state index contributed by atoms with van der Waals surface area (Å²) in [6.45, 7) is 3.75. The van der Waals surface area contributed by atoms with Crippen LogP contribution in [0.4, 0.5) is 4.79 Å². The van der Waals surface area contributed by atoms with Crippen LogP contribution in [0.3, 0.4) is 0 Å². The topological polar surface area (TPSA) is 66.8 Å². The van der Waals surface area contributed by atoms with Gasteiger partial charge < -0.3 is 14.9 Å². The Labute approximate surface area is 88.1 Å². The SMILES string of the molecule is CCc1ccc(CC)c(OC(=O)O)c1O. The molecule has 0 aliphatic rings. The van der Waals surface area contributed by atoms with Gasteiger partial charge in [0.1, 0.15) is 0 Å². The summed E-state index contributed by atoms with van der Waals surface area (Å²) in [7, 11) is 0. The zero-order valence-electron chi connectivity index (χ0n) is 8.78. The Balaban J connectivity index is 3.22. The first kappa shape index (κ1) is 11.4. The summed E-state index contributed by atoms with van der Waals surface area (Å²) in [5.41, 5.74) is 1.37. The quantitative estimate of drug-likeness (QED) is 0.594. The molecule has 0 aliphatic carbocycles. The molecule has 0 fully saturated rings. The molecule has 1 rings (SSSR count). The van der Waals surface area contributed by atoms with Crippen molar-refractivity contribution in [1.82, 2.24) is 0 Å². The summed E-state index contributed by atoms with van der Waals surface area (Å²) in [4.78, 5) is 10.5. The van der Waals surface area contributed by atoms with Crippen molar-refractivity contribution in [3.05, 3.63) is 23.3 Å². The highest BCUT2D eigenvalue weighted by atomic mass is 16.7. The number of ether oxygens (including phenoxy) is 1. The van der Waals surface area contributed by atoms with Gasteiger partial charge in [0, 0.05) is 0 Å². The van der Waals surface area contributed by atoms with Crippen molar-refractivity contribution in [2.75, 3.05) is 0 Å². The molecule has 0 atom stereocenters. The number of benzene rings is 1. The van der Waals surface area contributed by atoms with Gasteiger partial charge in [-0.1, -0.05) is 26.0 Å². The molecular weight excluding hydrogens is 196 g/mol. The van der Waals surface area contributed by atoms with E-state index in [1.165, 1.54) is 0 Å². The molecule has 1 aromatic rings. The summed E-state index contributed by atoms with van der Waals surface area (Å²) in [6.07, 6.45) is -0.167. The number of phenolic OH excluding ortho intramolecular Hbond substituents is 1. The van der Waals surface area contributed by atoms with Crippen molar-refractivity contribution >= 4 is 6.16 Å². The highest BCUT2D eigenvalue weighted by Gasteiger charge is 2.14. The van der Waals surface area contributed by atoms with Gasteiger partial charge in [0.15, 0.2) is 11.5 Å². The van der Waals surface area contributed by atoms with Gasteiger partial charge in [-0.25, -0.2) is 4.79 Å². The predicted molar refractivity (Wildman–Crippen MR) is 55.5 cm³/mol. The Morgan fingerprint density at radius 3 is 2.27 bits per heavy atom. The van der Waals surface area contributed by atoms with E-state index in [1.807, 2.05) is 13.8 Å². The van der Waals surface area contributed by atoms with Crippen molar-refractivity contribution in [3.8, 4) is 11.5 Å². The average Bonchev–Trinajstić information content (AvgIpc) is 2.20. The van der Waals surface area contributed by atoms with E-state index in [4.69, 9.17) is 5.11 Å². The zero-order chi connectivity index (χ0) is 11.4. The molecule has 82 valence electrons. The van der Waals surface area contributed by atoms with Gasteiger partial charge in [-0.15, -0.1) is 0 Å². The third kappa shape index (κ3) is 2.40. The normalized spacial score (nSPS) is 10.0. The van der Waals surface area contributed by atoms with Gasteiger partial charge in [0.2, 0.25) is 0 Å². The zero-order valence-corrected chi connectivity index (χ0v) is 8.78. The summed E-state index contributed by atoms with van der Waals surface area (Å²) in [6, 6.07) is 3.56. The number of phenols is 1. The molecule has 4 heteroatoms. The molecule has 0 aromatic heterocycles. The maximum absolute atomic E-state index is 10.5. The third-order valence-electron chi connectivity index (χ3n) is 2.25. The Hall–Kier alpha value is -1.71. The maximum atomic E-state index is 10.5. The molecule has 1 aromatic carbocycles. The molecule has 0 radical (unpaired) electrons. The summed E-state index contributed by atoms with van der Waals surface area (Å²) in [5, 5.41) is 18.3. The molecule has 15 heavy (non-hydrogen) atoms. The van der Waals surface area contributed by atoms with E-state index >= 15 is 0 Å². The molecule has 2 N–H and O–H groups in total. The van der Waals surface area contributed by atoms with Crippen LogP contribution in [-0.2, 0) is 12.8 Å². The van der Waals surface area contributed by atoms with Gasteiger partial charge in [0.25, 0.3) is 0 Å². The molecule has 0 spiro atoms. The lowest BCUT2D eigenvalue weighted by Gasteiger charge is -2.11. The number of rotatable bonds is 3. The molecular formula is C11H14O4. The maximum Gasteiger partial charge on any atom is 0.511 e. The average molecular weight is 210 g/mol. The second-order valence-corrected chi connectivity index (χ2v) is 3.14. The Bertz CT molecular complexity index is 371. The lowest BCUT2D eigenvalue weighted by molar-refractivity contribution is 0.142. The minimum Gasteiger partial charge on any atom is -0.504 e. The van der Waals surface area contributed by atoms with Crippen LogP contribution in [0.2, 0.25) is 0 Å². The van der Waals surface area contributed by atoms with Crippen LogP contribution in [0.5, 0.6) is 11.5 Å². The van der Waals surface area contributed by atoms with Crippen molar-refractivity contribution in [3.63, 3.8) is 0 Å². The molecule has 0 saturated carbocycles. The first-order chi connectivity index (χ1) is 7.10. The molecule has 0 aliphatic heterocycles. The second kappa shape index (κ2) is 4.68. The number of aryl methyl sites for hydroxylation is 2. The van der Waals surface area contributed by atoms with E-state index in [9.17, 15) is 9.90 Å². The fourth-order valence-corrected chi connectivity index (χ4v) is 1.42. The van der Waals surface area contributed by atoms with Gasteiger partial charge in [-0.05, 0) is 24.0 Å². The van der Waals surface area contributed by atoms with E-state index in [0.717, 1.165) is 0 Å². The first-order valence-electron chi connectivity index (χ1n) is 4.84. The third-order valence-corrected chi connectivity index (χ3v) is 2.25. The smallest absolute Gasteiger partial charge is 0.504 e. The number of aromatic hydroxyl groups is 1. The number of carboxylic acid groups (broad SMARTS) is 1. The Morgan fingerprint density at radius 1 is 1.27 bits per heavy atom. The fourth-order valence-electron chi connectivity index (χ4n) is 1.42. The largest absolute Gasteiger partial charge is 0.511 e. The van der Waals surface area contributed by atoms with Gasteiger partial charge in [-0.3, -0.25) is 0 Å². The van der Waals surface area contributed by atoms with E-state index in [1.54, 1.807) is 12.1 Å². The lowest BCUT2D eigenvalue weighted by Crippen LogP contribution is -2.06. The standard InChI is InChI=1S/C11H14O4/c1-3-7-5-6-8(4-2)10(9(7)12)15-11(13)14/h5-6,12H,3-4H2,1-2H3,(H,13,14). The second-order valence-electron chi connectivity index (χ2n) is 3.14. The Morgan fingerprint density at radius 2 is 1.80 bits per heavy atom. The molecule has 0 heterocycles. The van der Waals surface area contributed by atoms with E-state index in [2.05, 4.69) is 4.74 Å². The number of carbonyl (C=O) groups is 1. The highest BCUT2D eigenvalue weighted by molar-refractivity contribution is 5.65. The molecule has 0 saturated heterocycles. The fraction of sp³-hybridized carbons (Fsp3) is 0.364. The molecule has 0 unspecified atom stereocenters. The van der Waals surface area contributed by atoms with Crippen LogP contribution >= 0.6 is 0 Å². The first-order valence-corrected chi connectivity index (χ1v) is 4.84. The Kier molecular flexibility index (Phi) is 3.55. The van der Waals surface area contributed by atoms with Crippen LogP contribution < -0.4 is 4.74 Å². The van der Waals surface area contributed by atoms with Crippen LogP contribution in [0, 0.1) is 0 Å². The van der Waals surface area contributed by atoms with Crippen molar-refractivity contribution in [1.29, 1.82) is 0 Å². The highest BCUT2D eigenvalue weighted by Crippen LogP contribution is 2.34. The molecule has 4 nitrogen and oxygen atoms in total. The minimum absolute atomic E-state index is 0.0596. The van der Waals surface area contributed by atoms with Gasteiger partial charge in [-0.2, -0.15) is 0 Å². The van der Waals surface area contributed by atoms with Crippen LogP contribution in [0.15, 0.2) is 12.1 Å². The van der Waals surface area contributed by atoms with Crippen LogP contribution in [-0.4, -0.2) is 16.4 Å². The minimum atomic E-state index is -1.41. The van der Waals surface area contributed by atoms with Gasteiger partial charge in [0.05, 0.1) is 0 Å². The number of hydrogen-bond donors (Lipinski definition) is 2. The predicted octanol–water partition coefficient (Wildman–Crippen LogP) is 2.57. The molecule has 0 amide bonds. The van der Waals surface area contributed by atoms with E-state index in [0.29, 0.717) is 24.0 Å². The summed E-state index contributed by atoms with van der Waals surface area (Å²) >= 11 is 0. The van der Waals surface area contributed by atoms with Crippen molar-refractivity contribution < 1.29 is 19.7 Å². The van der Waals surface area contributed by atoms with Crippen LogP contribution in [0.1, 0.15) is 25.0 Å². The number of hydrogen-bond acceptors (Lipinski definition) is 3. The van der Waals surface area contributed by atoms with Gasteiger partial charge >= 0.3 is 6.16 Å². The van der Waals surface area contributed by atoms with Crippen molar-refractivity contribution in [2.45, 2.75) is 26.7 Å².